The molecule has 0 bridgehead atoms. The molecule has 1 aromatic heterocycles. The van der Waals surface area contributed by atoms with Gasteiger partial charge in [0, 0.05) is 4.90 Å². The van der Waals surface area contributed by atoms with E-state index in [9.17, 15) is 13.2 Å². The minimum atomic E-state index is -4.17. The van der Waals surface area contributed by atoms with E-state index in [-0.39, 0.29) is 4.90 Å². The Kier molecular flexibility index (Phi) is 3.60. The van der Waals surface area contributed by atoms with E-state index in [4.69, 9.17) is 8.97 Å². The van der Waals surface area contributed by atoms with Gasteiger partial charge in [-0.15, -0.1) is 11.8 Å². The summed E-state index contributed by atoms with van der Waals surface area (Å²) in [5.74, 6) is 0.0212. The van der Waals surface area contributed by atoms with Crippen molar-refractivity contribution in [2.24, 2.45) is 0 Å². The molecule has 0 saturated heterocycles. The van der Waals surface area contributed by atoms with Crippen molar-refractivity contribution in [2.45, 2.75) is 15.5 Å². The molecule has 0 unspecified atom stereocenters. The predicted molar refractivity (Wildman–Crippen MR) is 63.1 cm³/mol. The third-order valence-corrected chi connectivity index (χ3v) is 3.91. The van der Waals surface area contributed by atoms with Gasteiger partial charge in [0.2, 0.25) is 0 Å². The summed E-state index contributed by atoms with van der Waals surface area (Å²) in [7, 11) is -4.17. The number of thioether (sulfide) groups is 1. The molecule has 0 aliphatic heterocycles. The maximum absolute atomic E-state index is 10.8. The molecule has 8 heteroatoms. The Labute approximate surface area is 106 Å². The molecule has 0 fully saturated rings. The van der Waals surface area contributed by atoms with Crippen molar-refractivity contribution in [3.8, 4) is 0 Å². The number of rotatable bonds is 4. The number of hydrogen-bond donors (Lipinski definition) is 1. The molecule has 1 heterocycles. The van der Waals surface area contributed by atoms with Crippen LogP contribution in [0, 0.1) is 0 Å². The van der Waals surface area contributed by atoms with Gasteiger partial charge in [-0.2, -0.15) is 8.42 Å². The molecule has 0 amide bonds. The highest BCUT2D eigenvalue weighted by atomic mass is 32.2. The minimum absolute atomic E-state index is 0.165. The highest BCUT2D eigenvalue weighted by molar-refractivity contribution is 7.98. The summed E-state index contributed by atoms with van der Waals surface area (Å²) in [5, 5.41) is 0. The smallest absolute Gasteiger partial charge is 0.399 e. The lowest BCUT2D eigenvalue weighted by molar-refractivity contribution is 0.378. The summed E-state index contributed by atoms with van der Waals surface area (Å²) in [5.41, 5.74) is 0. The molecule has 0 radical (unpaired) electrons. The van der Waals surface area contributed by atoms with Crippen molar-refractivity contribution in [3.63, 3.8) is 0 Å². The van der Waals surface area contributed by atoms with Gasteiger partial charge in [0.15, 0.2) is 5.76 Å². The van der Waals surface area contributed by atoms with Gasteiger partial charge in [0.05, 0.1) is 10.6 Å². The Morgan fingerprint density at radius 1 is 1.22 bits per heavy atom. The lowest BCUT2D eigenvalue weighted by Crippen LogP contribution is -1.96. The van der Waals surface area contributed by atoms with Crippen LogP contribution in [0.5, 0.6) is 0 Å². The lowest BCUT2D eigenvalue weighted by atomic mass is 10.4. The van der Waals surface area contributed by atoms with E-state index in [0.717, 1.165) is 4.90 Å². The van der Waals surface area contributed by atoms with E-state index in [0.29, 0.717) is 11.5 Å². The maximum Gasteiger partial charge on any atom is 0.518 e. The van der Waals surface area contributed by atoms with Gasteiger partial charge in [-0.1, -0.05) is 0 Å². The minimum Gasteiger partial charge on any atom is -0.399 e. The van der Waals surface area contributed by atoms with Gasteiger partial charge in [-0.25, -0.2) is 4.79 Å². The molecule has 0 spiro atoms. The number of benzene rings is 1. The Bertz CT molecular complexity index is 680. The van der Waals surface area contributed by atoms with Gasteiger partial charge in [-0.05, 0) is 24.3 Å². The average molecular weight is 288 g/mol. The van der Waals surface area contributed by atoms with Crippen molar-refractivity contribution in [3.05, 3.63) is 46.9 Å². The fourth-order valence-electron chi connectivity index (χ4n) is 1.19. The normalized spacial score (nSPS) is 11.6. The van der Waals surface area contributed by atoms with Gasteiger partial charge in [0.25, 0.3) is 10.1 Å². The largest absolute Gasteiger partial charge is 0.518 e. The predicted octanol–water partition coefficient (Wildman–Crippen LogP) is 1.77. The van der Waals surface area contributed by atoms with Gasteiger partial charge in [0.1, 0.15) is 6.26 Å². The molecule has 0 saturated carbocycles. The summed E-state index contributed by atoms with van der Waals surface area (Å²) in [6, 6.07) is 5.68. The molecule has 1 aromatic carbocycles. The van der Waals surface area contributed by atoms with Crippen molar-refractivity contribution < 1.29 is 21.8 Å². The second kappa shape index (κ2) is 5.01. The molecule has 0 atom stereocenters. The van der Waals surface area contributed by atoms with Crippen molar-refractivity contribution in [1.29, 1.82) is 0 Å². The van der Waals surface area contributed by atoms with Gasteiger partial charge < -0.3 is 8.83 Å². The fourth-order valence-corrected chi connectivity index (χ4v) is 2.44. The van der Waals surface area contributed by atoms with Crippen molar-refractivity contribution in [1.82, 2.24) is 0 Å². The SMILES string of the molecule is O=c1occ(CSc2ccc(S(=O)(=O)O)cc2)o1. The van der Waals surface area contributed by atoms with Crippen LogP contribution in [0.3, 0.4) is 0 Å². The van der Waals surface area contributed by atoms with Crippen molar-refractivity contribution >= 4 is 21.9 Å². The molecule has 18 heavy (non-hydrogen) atoms. The van der Waals surface area contributed by atoms with Crippen LogP contribution in [0.1, 0.15) is 5.76 Å². The highest BCUT2D eigenvalue weighted by Crippen LogP contribution is 2.23. The summed E-state index contributed by atoms with van der Waals surface area (Å²) in [6.07, 6.45) is 1.22. The second-order valence-corrected chi connectivity index (χ2v) is 5.76. The van der Waals surface area contributed by atoms with Crippen LogP contribution < -0.4 is 5.82 Å². The first kappa shape index (κ1) is 12.9. The highest BCUT2D eigenvalue weighted by Gasteiger charge is 2.09. The Balaban J connectivity index is 2.05. The molecular weight excluding hydrogens is 280 g/mol. The quantitative estimate of drug-likeness (QED) is 0.676. The van der Waals surface area contributed by atoms with E-state index in [1.807, 2.05) is 0 Å². The Hall–Kier alpha value is -1.51. The fraction of sp³-hybridized carbons (Fsp3) is 0.100. The first-order valence-electron chi connectivity index (χ1n) is 4.73. The van der Waals surface area contributed by atoms with Crippen LogP contribution in [0.25, 0.3) is 0 Å². The first-order valence-corrected chi connectivity index (χ1v) is 7.15. The van der Waals surface area contributed by atoms with Crippen LogP contribution >= 0.6 is 11.8 Å². The van der Waals surface area contributed by atoms with E-state index < -0.39 is 15.9 Å². The van der Waals surface area contributed by atoms with Crippen LogP contribution in [0.4, 0.5) is 0 Å². The monoisotopic (exact) mass is 288 g/mol. The summed E-state index contributed by atoms with van der Waals surface area (Å²) in [6.45, 7) is 0. The average Bonchev–Trinajstić information content (AvgIpc) is 2.72. The Morgan fingerprint density at radius 2 is 1.89 bits per heavy atom. The van der Waals surface area contributed by atoms with Crippen LogP contribution in [-0.2, 0) is 15.9 Å². The molecular formula is C10H8O6S2. The topological polar surface area (TPSA) is 97.7 Å². The van der Waals surface area contributed by atoms with E-state index in [1.165, 1.54) is 30.2 Å². The molecule has 0 aliphatic carbocycles. The summed E-state index contributed by atoms with van der Waals surface area (Å²) >= 11 is 1.34. The first-order chi connectivity index (χ1) is 8.45. The lowest BCUT2D eigenvalue weighted by Gasteiger charge is -2.00. The van der Waals surface area contributed by atoms with Crippen LogP contribution in [-0.4, -0.2) is 13.0 Å². The molecule has 2 aromatic rings. The zero-order valence-electron chi connectivity index (χ0n) is 8.90. The Morgan fingerprint density at radius 3 is 2.39 bits per heavy atom. The molecule has 2 rings (SSSR count). The van der Waals surface area contributed by atoms with Crippen molar-refractivity contribution in [2.75, 3.05) is 0 Å². The molecule has 0 aliphatic rings. The van der Waals surface area contributed by atoms with E-state index >= 15 is 0 Å². The standard InChI is InChI=1S/C10H8O6S2/c11-10-15-5-7(16-10)6-17-8-1-3-9(4-2-8)18(12,13)14/h1-5H,6H2,(H,12,13,14). The summed E-state index contributed by atoms with van der Waals surface area (Å²) < 4.78 is 39.6. The number of hydrogen-bond acceptors (Lipinski definition) is 6. The van der Waals surface area contributed by atoms with Crippen LogP contribution in [0.15, 0.2) is 53.9 Å². The zero-order valence-corrected chi connectivity index (χ0v) is 10.5. The molecule has 96 valence electrons. The third-order valence-electron chi connectivity index (χ3n) is 2.00. The third kappa shape index (κ3) is 3.25. The molecule has 6 nitrogen and oxygen atoms in total. The van der Waals surface area contributed by atoms with Gasteiger partial charge in [-0.3, -0.25) is 4.55 Å². The summed E-state index contributed by atoms with van der Waals surface area (Å²) in [4.78, 5) is 11.2. The maximum atomic E-state index is 10.8. The molecule has 1 N–H and O–H groups in total. The van der Waals surface area contributed by atoms with E-state index in [2.05, 4.69) is 4.42 Å². The van der Waals surface area contributed by atoms with E-state index in [1.54, 1.807) is 12.1 Å². The second-order valence-electron chi connectivity index (χ2n) is 3.29. The van der Waals surface area contributed by atoms with Gasteiger partial charge >= 0.3 is 5.82 Å². The van der Waals surface area contributed by atoms with Crippen LogP contribution in [0.2, 0.25) is 0 Å². The zero-order chi connectivity index (χ0) is 13.2.